The van der Waals surface area contributed by atoms with Gasteiger partial charge in [0.25, 0.3) is 0 Å². The van der Waals surface area contributed by atoms with Gasteiger partial charge in [0.2, 0.25) is 11.8 Å². The molecule has 6 aromatic rings. The zero-order valence-electron chi connectivity index (χ0n) is 38.9. The van der Waals surface area contributed by atoms with Gasteiger partial charge in [0.15, 0.2) is 11.6 Å². The first-order chi connectivity index (χ1) is 31.2. The summed E-state index contributed by atoms with van der Waals surface area (Å²) in [6.07, 6.45) is 8.08. The van der Waals surface area contributed by atoms with Crippen molar-refractivity contribution in [1.29, 1.82) is 0 Å². The zero-order chi connectivity index (χ0) is 46.0. The van der Waals surface area contributed by atoms with E-state index in [4.69, 9.17) is 24.9 Å². The molecule has 3 aromatic carbocycles. The van der Waals surface area contributed by atoms with Gasteiger partial charge in [0.05, 0.1) is 43.0 Å². The first-order valence-electron chi connectivity index (χ1n) is 23.1. The molecule has 5 heterocycles. The summed E-state index contributed by atoms with van der Waals surface area (Å²) in [5, 5.41) is 12.3. The van der Waals surface area contributed by atoms with Gasteiger partial charge in [0.1, 0.15) is 17.7 Å². The summed E-state index contributed by atoms with van der Waals surface area (Å²) in [6.45, 7) is 16.1. The van der Waals surface area contributed by atoms with Crippen molar-refractivity contribution in [3.8, 4) is 51.0 Å². The fourth-order valence-electron chi connectivity index (χ4n) is 9.02. The zero-order valence-corrected chi connectivity index (χ0v) is 38.9. The molecular weight excluding hydrogens is 817 g/mol. The van der Waals surface area contributed by atoms with Crippen LogP contribution in [0, 0.1) is 11.8 Å². The van der Waals surface area contributed by atoms with Crippen molar-refractivity contribution >= 4 is 17.9 Å². The van der Waals surface area contributed by atoms with E-state index < -0.39 is 12.1 Å². The highest BCUT2D eigenvalue weighted by Gasteiger charge is 2.38. The van der Waals surface area contributed by atoms with Crippen LogP contribution < -0.4 is 5.32 Å². The van der Waals surface area contributed by atoms with E-state index in [1.165, 1.54) is 12.7 Å². The first-order valence-corrected chi connectivity index (χ1v) is 23.1. The SMILES string of the molecule is CCC(C)CC(=O)N1CCC[C@H]1c1ncc(-c2ccc(-c3nnc(-c4ccc(-c5cnc([C@@H]6CCCN6C(=O)[C@@H](NC(=O)OC)C(C)C)[nH]5)cc4)n3-c3ccc(C(C)(C)C)cc3)cc2)[nH]1. The maximum Gasteiger partial charge on any atom is 0.407 e. The lowest BCUT2D eigenvalue weighted by Crippen LogP contribution is -2.51. The van der Waals surface area contributed by atoms with Gasteiger partial charge in [-0.2, -0.15) is 0 Å². The number of imidazole rings is 2. The summed E-state index contributed by atoms with van der Waals surface area (Å²) in [7, 11) is 1.30. The molecule has 3 N–H and O–H groups in total. The predicted octanol–water partition coefficient (Wildman–Crippen LogP) is 9.82. The molecular formula is C51H62N10O4. The number of aromatic amines is 2. The van der Waals surface area contributed by atoms with Crippen molar-refractivity contribution in [2.45, 2.75) is 111 Å². The molecule has 340 valence electrons. The van der Waals surface area contributed by atoms with Crippen LogP contribution in [0.1, 0.15) is 116 Å². The molecule has 0 saturated carbocycles. The molecule has 65 heavy (non-hydrogen) atoms. The lowest BCUT2D eigenvalue weighted by atomic mass is 9.87. The highest BCUT2D eigenvalue weighted by molar-refractivity contribution is 5.86. The van der Waals surface area contributed by atoms with Gasteiger partial charge >= 0.3 is 6.09 Å². The van der Waals surface area contributed by atoms with Gasteiger partial charge < -0.3 is 29.8 Å². The maximum absolute atomic E-state index is 13.7. The third kappa shape index (κ3) is 9.48. The number of benzene rings is 3. The van der Waals surface area contributed by atoms with Crippen molar-refractivity contribution < 1.29 is 19.1 Å². The number of hydrogen-bond acceptors (Lipinski definition) is 8. The molecule has 2 aliphatic rings. The average molecular weight is 879 g/mol. The Hall–Kier alpha value is -6.57. The molecule has 2 aliphatic heterocycles. The van der Waals surface area contributed by atoms with Gasteiger partial charge in [-0.1, -0.05) is 116 Å². The van der Waals surface area contributed by atoms with Gasteiger partial charge in [-0.3, -0.25) is 14.2 Å². The highest BCUT2D eigenvalue weighted by Crippen LogP contribution is 2.36. The first kappa shape index (κ1) is 45.0. The number of alkyl carbamates (subject to hydrolysis) is 1. The van der Waals surface area contributed by atoms with Gasteiger partial charge in [-0.15, -0.1) is 10.2 Å². The Morgan fingerprint density at radius 3 is 1.71 bits per heavy atom. The lowest BCUT2D eigenvalue weighted by molar-refractivity contribution is -0.135. The summed E-state index contributed by atoms with van der Waals surface area (Å²) < 4.78 is 6.90. The molecule has 0 aliphatic carbocycles. The smallest absolute Gasteiger partial charge is 0.407 e. The maximum atomic E-state index is 13.7. The van der Waals surface area contributed by atoms with Crippen LogP contribution in [0.3, 0.4) is 0 Å². The quantitative estimate of drug-likeness (QED) is 0.103. The van der Waals surface area contributed by atoms with E-state index in [0.29, 0.717) is 36.4 Å². The van der Waals surface area contributed by atoms with E-state index in [0.717, 1.165) is 83.8 Å². The molecule has 1 unspecified atom stereocenters. The number of carbonyl (C=O) groups is 3. The number of methoxy groups -OCH3 is 1. The van der Waals surface area contributed by atoms with E-state index in [9.17, 15) is 14.4 Å². The van der Waals surface area contributed by atoms with Gasteiger partial charge in [-0.05, 0) is 71.8 Å². The molecule has 0 radical (unpaired) electrons. The van der Waals surface area contributed by atoms with Crippen LogP contribution in [-0.4, -0.2) is 88.6 Å². The number of nitrogens with zero attached hydrogens (tertiary/aromatic N) is 7. The number of ether oxygens (including phenoxy) is 1. The largest absolute Gasteiger partial charge is 0.453 e. The second-order valence-corrected chi connectivity index (χ2v) is 19.0. The minimum Gasteiger partial charge on any atom is -0.453 e. The molecule has 8 rings (SSSR count). The standard InChI is InChI=1S/C51H62N10O4/c1-9-32(4)28-43(62)59-26-10-12-41(59)45-52-29-39(54-45)33-14-18-35(19-15-33)47-57-58-48(61(47)38-24-22-37(23-25-38)51(5,6)7)36-20-16-34(17-21-36)40-30-53-46(55-40)42-13-11-27-60(42)49(63)44(31(2)3)56-50(64)65-8/h14-25,29-32,41-42,44H,9-13,26-28H2,1-8H3,(H,52,54)(H,53,55)(H,56,64)/t32?,41-,42-,44-/m0/s1. The van der Waals surface area contributed by atoms with Crippen molar-refractivity contribution in [3.05, 3.63) is 102 Å². The summed E-state index contributed by atoms with van der Waals surface area (Å²) in [5.41, 5.74) is 7.63. The second kappa shape index (κ2) is 18.9. The molecule has 3 amide bonds. The number of likely N-dealkylation sites (tertiary alicyclic amines) is 2. The Bertz CT molecular complexity index is 2600. The van der Waals surface area contributed by atoms with Gasteiger partial charge in [-0.25, -0.2) is 14.8 Å². The van der Waals surface area contributed by atoms with E-state index >= 15 is 0 Å². The van der Waals surface area contributed by atoms with E-state index in [1.54, 1.807) is 0 Å². The number of aromatic nitrogens is 7. The van der Waals surface area contributed by atoms with Crippen molar-refractivity contribution in [3.63, 3.8) is 0 Å². The monoisotopic (exact) mass is 878 g/mol. The molecule has 3 aromatic heterocycles. The molecule has 14 heteroatoms. The third-order valence-corrected chi connectivity index (χ3v) is 13.1. The van der Waals surface area contributed by atoms with E-state index in [2.05, 4.69) is 103 Å². The lowest BCUT2D eigenvalue weighted by Gasteiger charge is -2.30. The van der Waals surface area contributed by atoms with Crippen LogP contribution in [0.2, 0.25) is 0 Å². The van der Waals surface area contributed by atoms with Crippen LogP contribution in [0.5, 0.6) is 0 Å². The summed E-state index contributed by atoms with van der Waals surface area (Å²) in [5.74, 6) is 3.26. The Morgan fingerprint density at radius 2 is 1.23 bits per heavy atom. The summed E-state index contributed by atoms with van der Waals surface area (Å²) >= 11 is 0. The Kier molecular flexibility index (Phi) is 13.1. The number of amides is 3. The van der Waals surface area contributed by atoms with Crippen LogP contribution in [0.15, 0.2) is 85.2 Å². The van der Waals surface area contributed by atoms with Crippen LogP contribution >= 0.6 is 0 Å². The van der Waals surface area contributed by atoms with Crippen molar-refractivity contribution in [1.82, 2.24) is 49.8 Å². The minimum absolute atomic E-state index is 0.00881. The molecule has 2 fully saturated rings. The third-order valence-electron chi connectivity index (χ3n) is 13.1. The highest BCUT2D eigenvalue weighted by atomic mass is 16.5. The number of H-pyrrole nitrogens is 2. The van der Waals surface area contributed by atoms with Crippen LogP contribution in [-0.2, 0) is 19.7 Å². The normalized spacial score (nSPS) is 17.4. The van der Waals surface area contributed by atoms with E-state index in [1.807, 2.05) is 60.3 Å². The van der Waals surface area contributed by atoms with Crippen molar-refractivity contribution in [2.75, 3.05) is 20.2 Å². The second-order valence-electron chi connectivity index (χ2n) is 19.0. The Labute approximate surface area is 381 Å². The van der Waals surface area contributed by atoms with Crippen LogP contribution in [0.25, 0.3) is 51.0 Å². The number of nitrogens with one attached hydrogen (secondary N) is 3. The molecule has 14 nitrogen and oxygen atoms in total. The molecule has 2 saturated heterocycles. The van der Waals surface area contributed by atoms with Crippen LogP contribution in [0.4, 0.5) is 4.79 Å². The molecule has 0 bridgehead atoms. The molecule has 0 spiro atoms. The fraction of sp³-hybridized carbons (Fsp3) is 0.431. The summed E-state index contributed by atoms with van der Waals surface area (Å²) in [6, 6.07) is 24.1. The molecule has 4 atom stereocenters. The van der Waals surface area contributed by atoms with E-state index in [-0.39, 0.29) is 35.2 Å². The number of rotatable bonds is 13. The number of hydrogen-bond donors (Lipinski definition) is 3. The Morgan fingerprint density at radius 1 is 0.738 bits per heavy atom. The Balaban J connectivity index is 1.05. The minimum atomic E-state index is -0.703. The van der Waals surface area contributed by atoms with Crippen molar-refractivity contribution in [2.24, 2.45) is 11.8 Å². The summed E-state index contributed by atoms with van der Waals surface area (Å²) in [4.78, 5) is 59.3. The average Bonchev–Trinajstić information content (AvgIpc) is 4.17. The van der Waals surface area contributed by atoms with Gasteiger partial charge in [0, 0.05) is 36.3 Å². The predicted molar refractivity (Wildman–Crippen MR) is 252 cm³/mol. The fourth-order valence-corrected chi connectivity index (χ4v) is 9.02. The topological polar surface area (TPSA) is 167 Å². The number of carbonyl (C=O) groups excluding carboxylic acids is 3.